The molecule has 0 aromatic heterocycles. The Labute approximate surface area is 80.7 Å². The molecule has 0 N–H and O–H groups in total. The summed E-state index contributed by atoms with van der Waals surface area (Å²) in [6.45, 7) is 4.20. The first-order chi connectivity index (χ1) is 6.28. The van der Waals surface area contributed by atoms with Crippen molar-refractivity contribution in [2.75, 3.05) is 0 Å². The fourth-order valence-electron chi connectivity index (χ4n) is 1.60. The largest absolute Gasteiger partial charge is 0.303 e. The van der Waals surface area contributed by atoms with Gasteiger partial charge in [-0.3, -0.25) is 0 Å². The Morgan fingerprint density at radius 2 is 1.31 bits per heavy atom. The highest BCUT2D eigenvalue weighted by molar-refractivity contribution is 5.50. The van der Waals surface area contributed by atoms with Gasteiger partial charge in [0.2, 0.25) is 0 Å². The molecule has 0 saturated heterocycles. The Morgan fingerprint density at radius 3 is 1.54 bits per heavy atom. The van der Waals surface area contributed by atoms with E-state index in [4.69, 9.17) is 0 Å². The quantitative estimate of drug-likeness (QED) is 0.543. The van der Waals surface area contributed by atoms with Crippen LogP contribution in [0.2, 0.25) is 0 Å². The predicted molar refractivity (Wildman–Crippen MR) is 53.5 cm³/mol. The second kappa shape index (κ2) is 7.96. The van der Waals surface area contributed by atoms with Gasteiger partial charge >= 0.3 is 0 Å². The van der Waals surface area contributed by atoms with Gasteiger partial charge in [0.05, 0.1) is 0 Å². The van der Waals surface area contributed by atoms with Crippen LogP contribution in [0.3, 0.4) is 0 Å². The van der Waals surface area contributed by atoms with Crippen LogP contribution in [-0.4, -0.2) is 12.6 Å². The first-order valence-electron chi connectivity index (χ1n) is 5.15. The van der Waals surface area contributed by atoms with E-state index in [1.165, 1.54) is 0 Å². The Bertz CT molecular complexity index is 127. The molecule has 2 unspecified atom stereocenters. The summed E-state index contributed by atoms with van der Waals surface area (Å²) in [4.78, 5) is 20.7. The molecule has 2 atom stereocenters. The van der Waals surface area contributed by atoms with Crippen molar-refractivity contribution in [1.29, 1.82) is 0 Å². The summed E-state index contributed by atoms with van der Waals surface area (Å²) in [5.41, 5.74) is 0. The molecule has 0 aliphatic carbocycles. The van der Waals surface area contributed by atoms with Crippen molar-refractivity contribution in [2.45, 2.75) is 46.0 Å². The maximum absolute atomic E-state index is 10.3. The zero-order chi connectivity index (χ0) is 10.1. The number of carbonyl (C=O) groups is 2. The molecule has 0 aromatic rings. The third kappa shape index (κ3) is 5.56. The van der Waals surface area contributed by atoms with Gasteiger partial charge in [0.25, 0.3) is 0 Å². The normalized spacial score (nSPS) is 14.9. The lowest BCUT2D eigenvalue weighted by Gasteiger charge is -2.17. The Morgan fingerprint density at radius 1 is 0.923 bits per heavy atom. The van der Waals surface area contributed by atoms with Crippen molar-refractivity contribution < 1.29 is 9.59 Å². The third-order valence-electron chi connectivity index (χ3n) is 2.68. The van der Waals surface area contributed by atoms with Gasteiger partial charge in [-0.15, -0.1) is 0 Å². The van der Waals surface area contributed by atoms with Crippen LogP contribution in [0.25, 0.3) is 0 Å². The van der Waals surface area contributed by atoms with Crippen molar-refractivity contribution in [1.82, 2.24) is 0 Å². The average Bonchev–Trinajstić information content (AvgIpc) is 2.16. The number of aldehydes is 2. The van der Waals surface area contributed by atoms with E-state index in [1.54, 1.807) is 0 Å². The average molecular weight is 184 g/mol. The SMILES string of the molecule is CCC(CC=O)CC(CC)CC=O. The van der Waals surface area contributed by atoms with Crippen LogP contribution in [0.1, 0.15) is 46.0 Å². The first kappa shape index (κ1) is 12.3. The van der Waals surface area contributed by atoms with E-state index in [0.717, 1.165) is 31.8 Å². The van der Waals surface area contributed by atoms with Gasteiger partial charge in [-0.05, 0) is 18.3 Å². The van der Waals surface area contributed by atoms with Crippen molar-refractivity contribution in [3.63, 3.8) is 0 Å². The first-order valence-corrected chi connectivity index (χ1v) is 5.15. The summed E-state index contributed by atoms with van der Waals surface area (Å²) in [6, 6.07) is 0. The standard InChI is InChI=1S/C11H20O2/c1-3-10(5-7-12)9-11(4-2)6-8-13/h7-8,10-11H,3-6,9H2,1-2H3. The Balaban J connectivity index is 3.85. The zero-order valence-corrected chi connectivity index (χ0v) is 8.66. The molecule has 0 aliphatic heterocycles. The molecule has 0 heterocycles. The summed E-state index contributed by atoms with van der Waals surface area (Å²) < 4.78 is 0. The van der Waals surface area contributed by atoms with Gasteiger partial charge in [0.15, 0.2) is 0 Å². The molecule has 76 valence electrons. The molecule has 0 aromatic carbocycles. The van der Waals surface area contributed by atoms with Crippen LogP contribution in [0.15, 0.2) is 0 Å². The van der Waals surface area contributed by atoms with E-state index in [9.17, 15) is 9.59 Å². The molecule has 2 heteroatoms. The minimum atomic E-state index is 0.474. The number of rotatable bonds is 8. The van der Waals surface area contributed by atoms with Crippen molar-refractivity contribution in [3.8, 4) is 0 Å². The number of hydrogen-bond acceptors (Lipinski definition) is 2. The van der Waals surface area contributed by atoms with Gasteiger partial charge in [-0.25, -0.2) is 0 Å². The molecule has 0 saturated carbocycles. The summed E-state index contributed by atoms with van der Waals surface area (Å²) in [5, 5.41) is 0. The van der Waals surface area contributed by atoms with Crippen molar-refractivity contribution >= 4 is 12.6 Å². The topological polar surface area (TPSA) is 34.1 Å². The molecule has 0 amide bonds. The molecule has 0 rings (SSSR count). The lowest BCUT2D eigenvalue weighted by molar-refractivity contribution is -0.108. The molecular weight excluding hydrogens is 164 g/mol. The van der Waals surface area contributed by atoms with E-state index in [0.29, 0.717) is 24.7 Å². The number of hydrogen-bond donors (Lipinski definition) is 0. The maximum atomic E-state index is 10.3. The lowest BCUT2D eigenvalue weighted by atomic mass is 9.87. The Hall–Kier alpha value is -0.660. The Kier molecular flexibility index (Phi) is 7.56. The van der Waals surface area contributed by atoms with Crippen LogP contribution in [0, 0.1) is 11.8 Å². The van der Waals surface area contributed by atoms with E-state index in [-0.39, 0.29) is 0 Å². The van der Waals surface area contributed by atoms with Gasteiger partial charge < -0.3 is 9.59 Å². The molecule has 0 spiro atoms. The molecule has 0 radical (unpaired) electrons. The molecular formula is C11H20O2. The monoisotopic (exact) mass is 184 g/mol. The molecule has 13 heavy (non-hydrogen) atoms. The highest BCUT2D eigenvalue weighted by Crippen LogP contribution is 2.22. The summed E-state index contributed by atoms with van der Waals surface area (Å²) in [7, 11) is 0. The lowest BCUT2D eigenvalue weighted by Crippen LogP contribution is -2.09. The smallest absolute Gasteiger partial charge is 0.120 e. The molecule has 0 aliphatic rings. The van der Waals surface area contributed by atoms with Crippen molar-refractivity contribution in [3.05, 3.63) is 0 Å². The van der Waals surface area contributed by atoms with E-state index >= 15 is 0 Å². The third-order valence-corrected chi connectivity index (χ3v) is 2.68. The van der Waals surface area contributed by atoms with Crippen LogP contribution in [0.4, 0.5) is 0 Å². The zero-order valence-electron chi connectivity index (χ0n) is 8.66. The predicted octanol–water partition coefficient (Wildman–Crippen LogP) is 2.61. The van der Waals surface area contributed by atoms with Crippen molar-refractivity contribution in [2.24, 2.45) is 11.8 Å². The molecule has 0 fully saturated rings. The maximum Gasteiger partial charge on any atom is 0.120 e. The van der Waals surface area contributed by atoms with Crippen LogP contribution < -0.4 is 0 Å². The fraction of sp³-hybridized carbons (Fsp3) is 0.818. The summed E-state index contributed by atoms with van der Waals surface area (Å²) in [5.74, 6) is 0.949. The highest BCUT2D eigenvalue weighted by Gasteiger charge is 2.12. The molecule has 0 bridgehead atoms. The van der Waals surface area contributed by atoms with E-state index in [1.807, 2.05) is 0 Å². The van der Waals surface area contributed by atoms with Gasteiger partial charge in [0.1, 0.15) is 12.6 Å². The van der Waals surface area contributed by atoms with Crippen LogP contribution in [0.5, 0.6) is 0 Å². The minimum Gasteiger partial charge on any atom is -0.303 e. The summed E-state index contributed by atoms with van der Waals surface area (Å²) >= 11 is 0. The number of carbonyl (C=O) groups excluding carboxylic acids is 2. The second-order valence-electron chi connectivity index (χ2n) is 3.59. The highest BCUT2D eigenvalue weighted by atomic mass is 16.1. The van der Waals surface area contributed by atoms with Crippen LogP contribution in [-0.2, 0) is 9.59 Å². The second-order valence-corrected chi connectivity index (χ2v) is 3.59. The summed E-state index contributed by atoms with van der Waals surface area (Å²) in [6.07, 6.45) is 6.36. The molecule has 2 nitrogen and oxygen atoms in total. The van der Waals surface area contributed by atoms with E-state index in [2.05, 4.69) is 13.8 Å². The van der Waals surface area contributed by atoms with Crippen LogP contribution >= 0.6 is 0 Å². The fourth-order valence-corrected chi connectivity index (χ4v) is 1.60. The van der Waals surface area contributed by atoms with Gasteiger partial charge in [-0.1, -0.05) is 26.7 Å². The van der Waals surface area contributed by atoms with E-state index < -0.39 is 0 Å². The van der Waals surface area contributed by atoms with Gasteiger partial charge in [-0.2, -0.15) is 0 Å². The van der Waals surface area contributed by atoms with Gasteiger partial charge in [0, 0.05) is 12.8 Å². The minimum absolute atomic E-state index is 0.474.